The average molecular weight is 418 g/mol. The van der Waals surface area contributed by atoms with Gasteiger partial charge < -0.3 is 14.8 Å². The summed E-state index contributed by atoms with van der Waals surface area (Å²) in [5.74, 6) is -0.111. The van der Waals surface area contributed by atoms with Crippen LogP contribution in [0.3, 0.4) is 0 Å². The number of Topliss-reactive ketones (excluding diaryl/α,β-unsaturated/α-hetero) is 1. The zero-order chi connectivity index (χ0) is 21.6. The Bertz CT molecular complexity index is 887. The number of ketones is 1. The fraction of sp³-hybridized carbons (Fsp3) is 0.409. The highest BCUT2D eigenvalue weighted by Gasteiger charge is 2.22. The highest BCUT2D eigenvalue weighted by molar-refractivity contribution is 7.14. The fourth-order valence-electron chi connectivity index (χ4n) is 2.68. The van der Waals surface area contributed by atoms with E-state index in [9.17, 15) is 14.4 Å². The predicted molar refractivity (Wildman–Crippen MR) is 112 cm³/mol. The molecule has 1 amide bonds. The molecular weight excluding hydrogens is 390 g/mol. The van der Waals surface area contributed by atoms with Crippen molar-refractivity contribution in [3.8, 4) is 5.75 Å². The van der Waals surface area contributed by atoms with E-state index < -0.39 is 12.1 Å². The summed E-state index contributed by atoms with van der Waals surface area (Å²) < 4.78 is 10.9. The van der Waals surface area contributed by atoms with Crippen molar-refractivity contribution in [1.82, 2.24) is 5.32 Å². The lowest BCUT2D eigenvalue weighted by Crippen LogP contribution is -2.27. The van der Waals surface area contributed by atoms with Gasteiger partial charge in [0.05, 0.1) is 11.4 Å². The van der Waals surface area contributed by atoms with Gasteiger partial charge in [0.25, 0.3) is 0 Å². The third kappa shape index (κ3) is 6.71. The SMILES string of the molecule is CC(=O)NCc1ccc(C(=O)C(C)OC(=O)COc2cc(C)ccc2C(C)C)s1. The molecule has 29 heavy (non-hydrogen) atoms. The minimum Gasteiger partial charge on any atom is -0.482 e. The third-order valence-electron chi connectivity index (χ3n) is 4.23. The van der Waals surface area contributed by atoms with E-state index in [4.69, 9.17) is 9.47 Å². The van der Waals surface area contributed by atoms with E-state index in [0.717, 1.165) is 16.0 Å². The van der Waals surface area contributed by atoms with E-state index >= 15 is 0 Å². The minimum atomic E-state index is -0.916. The molecule has 1 unspecified atom stereocenters. The first-order valence-electron chi connectivity index (χ1n) is 9.47. The van der Waals surface area contributed by atoms with E-state index in [-0.39, 0.29) is 24.2 Å². The average Bonchev–Trinajstić information content (AvgIpc) is 3.12. The van der Waals surface area contributed by atoms with E-state index in [2.05, 4.69) is 19.2 Å². The van der Waals surface area contributed by atoms with Gasteiger partial charge in [-0.15, -0.1) is 11.3 Å². The minimum absolute atomic E-state index is 0.136. The summed E-state index contributed by atoms with van der Waals surface area (Å²) in [4.78, 5) is 37.0. The first-order chi connectivity index (χ1) is 13.7. The van der Waals surface area contributed by atoms with Crippen molar-refractivity contribution < 1.29 is 23.9 Å². The molecule has 1 aromatic heterocycles. The van der Waals surface area contributed by atoms with Crippen LogP contribution in [0.4, 0.5) is 0 Å². The maximum Gasteiger partial charge on any atom is 0.344 e. The predicted octanol–water partition coefficient (Wildman–Crippen LogP) is 4.01. The van der Waals surface area contributed by atoms with Crippen LogP contribution in [0.25, 0.3) is 0 Å². The second-order valence-electron chi connectivity index (χ2n) is 7.16. The van der Waals surface area contributed by atoms with Gasteiger partial charge in [-0.2, -0.15) is 0 Å². The molecule has 0 aliphatic carbocycles. The van der Waals surface area contributed by atoms with Crippen molar-refractivity contribution in [2.24, 2.45) is 0 Å². The molecule has 0 aliphatic rings. The van der Waals surface area contributed by atoms with Crippen LogP contribution < -0.4 is 10.1 Å². The Hall–Kier alpha value is -2.67. The molecule has 1 heterocycles. The molecule has 0 fully saturated rings. The molecule has 0 aliphatic heterocycles. The normalized spacial score (nSPS) is 11.8. The van der Waals surface area contributed by atoms with Crippen LogP contribution in [0.15, 0.2) is 30.3 Å². The van der Waals surface area contributed by atoms with E-state index in [1.165, 1.54) is 18.3 Å². The second-order valence-corrected chi connectivity index (χ2v) is 8.33. The molecule has 1 aromatic carbocycles. The Kier molecular flexibility index (Phi) is 7.96. The van der Waals surface area contributed by atoms with Gasteiger partial charge in [-0.3, -0.25) is 9.59 Å². The molecule has 1 atom stereocenters. The van der Waals surface area contributed by atoms with Crippen LogP contribution in [0.1, 0.15) is 59.3 Å². The third-order valence-corrected chi connectivity index (χ3v) is 5.33. The molecule has 0 radical (unpaired) electrons. The number of carbonyl (C=O) groups is 3. The summed E-state index contributed by atoms with van der Waals surface area (Å²) in [5.41, 5.74) is 2.05. The monoisotopic (exact) mass is 417 g/mol. The summed E-state index contributed by atoms with van der Waals surface area (Å²) in [5, 5.41) is 2.68. The van der Waals surface area contributed by atoms with Crippen molar-refractivity contribution in [2.75, 3.05) is 6.61 Å². The zero-order valence-electron chi connectivity index (χ0n) is 17.4. The summed E-state index contributed by atoms with van der Waals surface area (Å²) in [7, 11) is 0. The maximum atomic E-state index is 12.5. The van der Waals surface area contributed by atoms with Crippen LogP contribution in [-0.4, -0.2) is 30.4 Å². The first kappa shape index (κ1) is 22.6. The molecule has 156 valence electrons. The van der Waals surface area contributed by atoms with Crippen LogP contribution in [0, 0.1) is 6.92 Å². The van der Waals surface area contributed by atoms with Crippen LogP contribution >= 0.6 is 11.3 Å². The van der Waals surface area contributed by atoms with Crippen molar-refractivity contribution >= 4 is 29.0 Å². The number of amides is 1. The van der Waals surface area contributed by atoms with Crippen molar-refractivity contribution in [2.45, 2.75) is 53.2 Å². The maximum absolute atomic E-state index is 12.5. The molecule has 0 spiro atoms. The number of ether oxygens (including phenoxy) is 2. The van der Waals surface area contributed by atoms with Crippen LogP contribution in [0.5, 0.6) is 5.75 Å². The fourth-order valence-corrected chi connectivity index (χ4v) is 3.65. The lowest BCUT2D eigenvalue weighted by atomic mass is 10.0. The quantitative estimate of drug-likeness (QED) is 0.492. The molecule has 1 N–H and O–H groups in total. The van der Waals surface area contributed by atoms with Crippen LogP contribution in [-0.2, 0) is 20.9 Å². The first-order valence-corrected chi connectivity index (χ1v) is 10.3. The van der Waals surface area contributed by atoms with E-state index in [1.54, 1.807) is 19.1 Å². The Labute approximate surface area is 175 Å². The van der Waals surface area contributed by atoms with E-state index in [1.807, 2.05) is 25.1 Å². The molecular formula is C22H27NO5S. The number of thiophene rings is 1. The van der Waals surface area contributed by atoms with Gasteiger partial charge in [-0.05, 0) is 49.1 Å². The molecule has 0 bridgehead atoms. The van der Waals surface area contributed by atoms with Crippen molar-refractivity contribution in [1.29, 1.82) is 0 Å². The van der Waals surface area contributed by atoms with Gasteiger partial charge in [0.1, 0.15) is 5.75 Å². The number of hydrogen-bond donors (Lipinski definition) is 1. The molecule has 7 heteroatoms. The van der Waals surface area contributed by atoms with Crippen molar-refractivity contribution in [3.05, 3.63) is 51.2 Å². The number of rotatable bonds is 9. The second kappa shape index (κ2) is 10.2. The van der Waals surface area contributed by atoms with Gasteiger partial charge in [-0.1, -0.05) is 26.0 Å². The van der Waals surface area contributed by atoms with Gasteiger partial charge in [0.15, 0.2) is 12.7 Å². The van der Waals surface area contributed by atoms with Gasteiger partial charge >= 0.3 is 5.97 Å². The molecule has 6 nitrogen and oxygen atoms in total. The number of aryl methyl sites for hydroxylation is 1. The number of esters is 1. The summed E-state index contributed by atoms with van der Waals surface area (Å²) in [6.07, 6.45) is -0.916. The Morgan fingerprint density at radius 3 is 2.48 bits per heavy atom. The van der Waals surface area contributed by atoms with E-state index in [0.29, 0.717) is 17.2 Å². The molecule has 2 aromatic rings. The highest BCUT2D eigenvalue weighted by Crippen LogP contribution is 2.27. The summed E-state index contributed by atoms with van der Waals surface area (Å²) in [6.45, 7) is 9.14. The number of benzene rings is 1. The van der Waals surface area contributed by atoms with Gasteiger partial charge in [0.2, 0.25) is 11.7 Å². The Morgan fingerprint density at radius 1 is 1.10 bits per heavy atom. The number of nitrogens with one attached hydrogen (secondary N) is 1. The topological polar surface area (TPSA) is 81.7 Å². The Balaban J connectivity index is 1.91. The molecule has 2 rings (SSSR count). The van der Waals surface area contributed by atoms with Gasteiger partial charge in [-0.25, -0.2) is 4.79 Å². The number of hydrogen-bond acceptors (Lipinski definition) is 6. The lowest BCUT2D eigenvalue weighted by molar-refractivity contribution is -0.148. The smallest absolute Gasteiger partial charge is 0.344 e. The highest BCUT2D eigenvalue weighted by atomic mass is 32.1. The lowest BCUT2D eigenvalue weighted by Gasteiger charge is -2.16. The zero-order valence-corrected chi connectivity index (χ0v) is 18.2. The standard InChI is InChI=1S/C22H27NO5S/c1-13(2)18-8-6-14(3)10-19(18)27-12-21(25)28-15(4)22(26)20-9-7-17(29-20)11-23-16(5)24/h6-10,13,15H,11-12H2,1-5H3,(H,23,24). The van der Waals surface area contributed by atoms with Crippen molar-refractivity contribution in [3.63, 3.8) is 0 Å². The van der Waals surface area contributed by atoms with Gasteiger partial charge in [0, 0.05) is 11.8 Å². The Morgan fingerprint density at radius 2 is 1.83 bits per heavy atom. The number of carbonyl (C=O) groups excluding carboxylic acids is 3. The largest absolute Gasteiger partial charge is 0.482 e. The molecule has 0 saturated carbocycles. The van der Waals surface area contributed by atoms with Crippen LogP contribution in [0.2, 0.25) is 0 Å². The summed E-state index contributed by atoms with van der Waals surface area (Å²) >= 11 is 1.27. The molecule has 0 saturated heterocycles. The summed E-state index contributed by atoms with van der Waals surface area (Å²) in [6, 6.07) is 9.33.